The quantitative estimate of drug-likeness (QED) is 0.552. The first-order valence-electron chi connectivity index (χ1n) is 8.83. The molecule has 1 atom stereocenters. The molecule has 0 fully saturated rings. The van der Waals surface area contributed by atoms with Gasteiger partial charge in [-0.3, -0.25) is 14.7 Å². The van der Waals surface area contributed by atoms with Crippen LogP contribution in [0.4, 0.5) is 4.39 Å². The Morgan fingerprint density at radius 3 is 2.74 bits per heavy atom. The van der Waals surface area contributed by atoms with Crippen LogP contribution in [-0.4, -0.2) is 20.9 Å². The van der Waals surface area contributed by atoms with Crippen LogP contribution in [0.25, 0.3) is 0 Å². The highest BCUT2D eigenvalue weighted by Crippen LogP contribution is 2.42. The summed E-state index contributed by atoms with van der Waals surface area (Å²) < 4.78 is 16.1. The third kappa shape index (κ3) is 2.82. The van der Waals surface area contributed by atoms with Crippen LogP contribution in [0.2, 0.25) is 0 Å². The molecule has 2 N–H and O–H groups in total. The number of hydrogen-bond acceptors (Lipinski definition) is 3. The van der Waals surface area contributed by atoms with E-state index in [-0.39, 0.29) is 5.82 Å². The van der Waals surface area contributed by atoms with E-state index in [9.17, 15) is 14.4 Å². The fourth-order valence-electron chi connectivity index (χ4n) is 4.07. The molecular formula is C21H20FN3O2. The van der Waals surface area contributed by atoms with Crippen LogP contribution < -0.4 is 5.48 Å². The molecule has 1 aliphatic rings. The van der Waals surface area contributed by atoms with Gasteiger partial charge in [0.25, 0.3) is 5.91 Å². The van der Waals surface area contributed by atoms with E-state index in [0.29, 0.717) is 30.5 Å². The molecule has 2 aromatic carbocycles. The van der Waals surface area contributed by atoms with Gasteiger partial charge >= 0.3 is 0 Å². The van der Waals surface area contributed by atoms with Crippen LogP contribution >= 0.6 is 0 Å². The molecule has 138 valence electrons. The molecule has 0 saturated carbocycles. The van der Waals surface area contributed by atoms with Crippen molar-refractivity contribution in [3.63, 3.8) is 0 Å². The Balaban J connectivity index is 1.75. The van der Waals surface area contributed by atoms with Crippen LogP contribution in [-0.2, 0) is 29.6 Å². The summed E-state index contributed by atoms with van der Waals surface area (Å²) in [5.41, 5.74) is 4.75. The predicted molar refractivity (Wildman–Crippen MR) is 97.9 cm³/mol. The van der Waals surface area contributed by atoms with Crippen molar-refractivity contribution < 1.29 is 14.4 Å². The van der Waals surface area contributed by atoms with Crippen LogP contribution in [0.5, 0.6) is 0 Å². The minimum absolute atomic E-state index is 0.353. The van der Waals surface area contributed by atoms with Crippen LogP contribution in [0, 0.1) is 12.7 Å². The lowest BCUT2D eigenvalue weighted by molar-refractivity contribution is -0.135. The van der Waals surface area contributed by atoms with E-state index in [0.717, 1.165) is 16.8 Å². The fourth-order valence-corrected chi connectivity index (χ4v) is 4.07. The van der Waals surface area contributed by atoms with Gasteiger partial charge in [0.15, 0.2) is 0 Å². The normalized spacial score (nSPS) is 18.3. The van der Waals surface area contributed by atoms with Crippen LogP contribution in [0.15, 0.2) is 54.7 Å². The third-order valence-electron chi connectivity index (χ3n) is 5.49. The Morgan fingerprint density at radius 2 is 2.00 bits per heavy atom. The molecule has 3 aromatic rings. The number of hydrogen-bond donors (Lipinski definition) is 2. The summed E-state index contributed by atoms with van der Waals surface area (Å²) in [7, 11) is 0. The number of benzene rings is 2. The third-order valence-corrected chi connectivity index (χ3v) is 5.49. The van der Waals surface area contributed by atoms with Crippen molar-refractivity contribution in [3.8, 4) is 0 Å². The van der Waals surface area contributed by atoms with Gasteiger partial charge in [0.1, 0.15) is 5.82 Å². The first-order chi connectivity index (χ1) is 13.0. The smallest absolute Gasteiger partial charge is 0.254 e. The molecule has 1 unspecified atom stereocenters. The molecule has 0 bridgehead atoms. The number of halogens is 1. The van der Waals surface area contributed by atoms with Crippen molar-refractivity contribution in [3.05, 3.63) is 88.5 Å². The lowest BCUT2D eigenvalue weighted by Gasteiger charge is -2.29. The van der Waals surface area contributed by atoms with Crippen LogP contribution in [0.1, 0.15) is 27.9 Å². The highest BCUT2D eigenvalue weighted by atomic mass is 19.1. The highest BCUT2D eigenvalue weighted by Gasteiger charge is 2.48. The van der Waals surface area contributed by atoms with Gasteiger partial charge in [0.2, 0.25) is 0 Å². The van der Waals surface area contributed by atoms with Gasteiger partial charge in [-0.2, -0.15) is 5.10 Å². The zero-order valence-corrected chi connectivity index (χ0v) is 14.9. The van der Waals surface area contributed by atoms with Gasteiger partial charge < -0.3 is 0 Å². The molecule has 4 rings (SSSR count). The largest absolute Gasteiger partial charge is 0.289 e. The number of aromatic nitrogens is 2. The molecule has 27 heavy (non-hydrogen) atoms. The molecule has 1 aromatic heterocycles. The van der Waals surface area contributed by atoms with E-state index in [4.69, 9.17) is 0 Å². The average Bonchev–Trinajstić information content (AvgIpc) is 3.24. The number of hydroxylamine groups is 1. The number of carbonyl (C=O) groups excluding carboxylic acids is 1. The first-order valence-corrected chi connectivity index (χ1v) is 8.83. The molecule has 0 spiro atoms. The molecule has 1 heterocycles. The first kappa shape index (κ1) is 17.4. The summed E-state index contributed by atoms with van der Waals surface area (Å²) in [4.78, 5) is 12.7. The summed E-state index contributed by atoms with van der Waals surface area (Å²) in [5, 5.41) is 13.9. The molecule has 0 aliphatic heterocycles. The summed E-state index contributed by atoms with van der Waals surface area (Å²) >= 11 is 0. The minimum atomic E-state index is -1.05. The number of fused-ring (bicyclic) bond motifs is 1. The Labute approximate surface area is 156 Å². The van der Waals surface area contributed by atoms with E-state index in [1.165, 1.54) is 6.07 Å². The van der Waals surface area contributed by atoms with Gasteiger partial charge in [-0.25, -0.2) is 9.87 Å². The fraction of sp³-hybridized carbons (Fsp3) is 0.238. The summed E-state index contributed by atoms with van der Waals surface area (Å²) in [6, 6.07) is 14.7. The number of rotatable bonds is 4. The van der Waals surface area contributed by atoms with Crippen molar-refractivity contribution in [2.45, 2.75) is 31.7 Å². The number of carbonyl (C=O) groups is 1. The van der Waals surface area contributed by atoms with E-state index in [1.54, 1.807) is 30.7 Å². The maximum atomic E-state index is 14.2. The topological polar surface area (TPSA) is 67.2 Å². The number of amides is 1. The molecule has 0 radical (unpaired) electrons. The second-order valence-electron chi connectivity index (χ2n) is 7.05. The second-order valence-corrected chi connectivity index (χ2v) is 7.05. The van der Waals surface area contributed by atoms with Gasteiger partial charge in [-0.15, -0.1) is 0 Å². The second kappa shape index (κ2) is 6.63. The molecule has 1 aliphatic carbocycles. The number of nitrogens with zero attached hydrogens (tertiary/aromatic N) is 2. The monoisotopic (exact) mass is 365 g/mol. The van der Waals surface area contributed by atoms with Crippen molar-refractivity contribution in [1.29, 1.82) is 0 Å². The lowest BCUT2D eigenvalue weighted by atomic mass is 9.75. The van der Waals surface area contributed by atoms with E-state index >= 15 is 0 Å². The molecule has 0 saturated heterocycles. The summed E-state index contributed by atoms with van der Waals surface area (Å²) in [5.74, 6) is -0.891. The van der Waals surface area contributed by atoms with Crippen LogP contribution in [0.3, 0.4) is 0 Å². The van der Waals surface area contributed by atoms with Crippen molar-refractivity contribution in [1.82, 2.24) is 15.3 Å². The Kier molecular flexibility index (Phi) is 4.28. The summed E-state index contributed by atoms with van der Waals surface area (Å²) in [6.07, 6.45) is 2.49. The van der Waals surface area contributed by atoms with Crippen molar-refractivity contribution >= 4 is 5.91 Å². The summed E-state index contributed by atoms with van der Waals surface area (Å²) in [6.45, 7) is 2.26. The maximum Gasteiger partial charge on any atom is 0.254 e. The standard InChI is InChI=1S/C21H20FN3O2/c1-14-17(8-5-9-18(14)22)21(20(26)24-27)10-16-12-23-25(19(16)11-21)13-15-6-3-2-4-7-15/h2-9,12,27H,10-11,13H2,1H3,(H,24,26). The Bertz CT molecular complexity index is 1000. The zero-order valence-electron chi connectivity index (χ0n) is 14.9. The minimum Gasteiger partial charge on any atom is -0.289 e. The average molecular weight is 365 g/mol. The van der Waals surface area contributed by atoms with Gasteiger partial charge in [0, 0.05) is 12.1 Å². The lowest BCUT2D eigenvalue weighted by Crippen LogP contribution is -2.45. The maximum absolute atomic E-state index is 14.2. The van der Waals surface area contributed by atoms with Gasteiger partial charge in [-0.05, 0) is 41.7 Å². The Morgan fingerprint density at radius 1 is 1.22 bits per heavy atom. The number of nitrogens with one attached hydrogen (secondary N) is 1. The van der Waals surface area contributed by atoms with Gasteiger partial charge in [0.05, 0.1) is 18.2 Å². The highest BCUT2D eigenvalue weighted by molar-refractivity contribution is 5.89. The molecular weight excluding hydrogens is 345 g/mol. The van der Waals surface area contributed by atoms with E-state index in [2.05, 4.69) is 5.10 Å². The van der Waals surface area contributed by atoms with Crippen molar-refractivity contribution in [2.75, 3.05) is 0 Å². The molecule has 6 heteroatoms. The van der Waals surface area contributed by atoms with E-state index in [1.807, 2.05) is 35.0 Å². The molecule has 1 amide bonds. The van der Waals surface area contributed by atoms with Crippen molar-refractivity contribution in [2.24, 2.45) is 0 Å². The predicted octanol–water partition coefficient (Wildman–Crippen LogP) is 2.92. The SMILES string of the molecule is Cc1c(F)cccc1C1(C(=O)NO)Cc2cnn(Cc3ccccc3)c2C1. The van der Waals surface area contributed by atoms with E-state index < -0.39 is 11.3 Å². The molecule has 5 nitrogen and oxygen atoms in total. The zero-order chi connectivity index (χ0) is 19.0. The van der Waals surface area contributed by atoms with Gasteiger partial charge in [-0.1, -0.05) is 42.5 Å². The Hall–Kier alpha value is -2.99.